The number of thioether (sulfide) groups is 1. The summed E-state index contributed by atoms with van der Waals surface area (Å²) in [6, 6.07) is 7.70. The Labute approximate surface area is 134 Å². The monoisotopic (exact) mass is 340 g/mol. The average molecular weight is 340 g/mol. The van der Waals surface area contributed by atoms with Crippen LogP contribution in [0.5, 0.6) is 0 Å². The molecule has 1 saturated heterocycles. The summed E-state index contributed by atoms with van der Waals surface area (Å²) < 4.78 is 15.8. The van der Waals surface area contributed by atoms with E-state index in [0.717, 1.165) is 14.6 Å². The highest BCUT2D eigenvalue weighted by Gasteiger charge is 2.46. The highest BCUT2D eigenvalue weighted by Crippen LogP contribution is 2.31. The molecule has 1 fully saturated rings. The van der Waals surface area contributed by atoms with Gasteiger partial charge in [0, 0.05) is 13.0 Å². The number of hydrogen-bond donors (Lipinski definition) is 1. The molecule has 2 heterocycles. The molecule has 1 aromatic heterocycles. The summed E-state index contributed by atoms with van der Waals surface area (Å²) in [6.07, 6.45) is -0.153. The lowest BCUT2D eigenvalue weighted by Gasteiger charge is -2.17. The van der Waals surface area contributed by atoms with Gasteiger partial charge in [0.05, 0.1) is 22.5 Å². The fourth-order valence-corrected chi connectivity index (χ4v) is 4.26. The van der Waals surface area contributed by atoms with E-state index in [1.54, 1.807) is 0 Å². The molecular weight excluding hydrogens is 327 g/mol. The molecule has 1 aliphatic rings. The first-order valence-corrected chi connectivity index (χ1v) is 8.47. The molecule has 0 radical (unpaired) electrons. The number of carbonyl (C=O) groups is 2. The van der Waals surface area contributed by atoms with Crippen molar-refractivity contribution in [3.05, 3.63) is 24.3 Å². The predicted octanol–water partition coefficient (Wildman–Crippen LogP) is 2.41. The summed E-state index contributed by atoms with van der Waals surface area (Å²) in [6.45, 7) is -0.233. The smallest absolute Gasteiger partial charge is 0.343 e. The molecule has 1 N–H and O–H groups in total. The maximum atomic E-state index is 13.9. The van der Waals surface area contributed by atoms with Crippen LogP contribution in [-0.2, 0) is 9.59 Å². The van der Waals surface area contributed by atoms with Crippen molar-refractivity contribution in [2.45, 2.75) is 16.4 Å². The molecule has 3 rings (SSSR count). The summed E-state index contributed by atoms with van der Waals surface area (Å²) in [4.78, 5) is 28.6. The van der Waals surface area contributed by atoms with Crippen LogP contribution < -0.4 is 0 Å². The van der Waals surface area contributed by atoms with Crippen LogP contribution in [0.2, 0.25) is 0 Å². The van der Waals surface area contributed by atoms with Crippen molar-refractivity contribution in [2.75, 3.05) is 18.8 Å². The van der Waals surface area contributed by atoms with Crippen LogP contribution in [-0.4, -0.2) is 51.4 Å². The average Bonchev–Trinajstić information content (AvgIpc) is 3.09. The first-order chi connectivity index (χ1) is 10.5. The molecule has 0 spiro atoms. The Balaban J connectivity index is 1.60. The predicted molar refractivity (Wildman–Crippen MR) is 83.0 cm³/mol. The van der Waals surface area contributed by atoms with Gasteiger partial charge >= 0.3 is 5.97 Å². The van der Waals surface area contributed by atoms with Crippen molar-refractivity contribution in [3.8, 4) is 0 Å². The molecule has 0 saturated carbocycles. The van der Waals surface area contributed by atoms with Crippen LogP contribution >= 0.6 is 23.1 Å². The Bertz CT molecular complexity index is 703. The second-order valence-corrected chi connectivity index (χ2v) is 7.33. The van der Waals surface area contributed by atoms with E-state index in [9.17, 15) is 14.0 Å². The standard InChI is InChI=1S/C14H13FN2O3S2/c15-14(12(19)20)5-6-17(8-14)11(18)7-21-13-16-9-3-1-2-4-10(9)22-13/h1-4H,5-8H2,(H,19,20). The number of alkyl halides is 1. The normalized spacial score (nSPS) is 21.4. The van der Waals surface area contributed by atoms with Gasteiger partial charge in [-0.1, -0.05) is 23.9 Å². The van der Waals surface area contributed by atoms with Crippen LogP contribution in [0.4, 0.5) is 4.39 Å². The Hall–Kier alpha value is -1.67. The molecule has 8 heteroatoms. The van der Waals surface area contributed by atoms with E-state index < -0.39 is 11.6 Å². The van der Waals surface area contributed by atoms with Crippen molar-refractivity contribution >= 4 is 45.2 Å². The summed E-state index contributed by atoms with van der Waals surface area (Å²) in [5.74, 6) is -1.62. The highest BCUT2D eigenvalue weighted by atomic mass is 32.2. The number of benzene rings is 1. The van der Waals surface area contributed by atoms with Gasteiger partial charge in [-0.25, -0.2) is 14.2 Å². The number of likely N-dealkylation sites (tertiary alicyclic amines) is 1. The number of halogens is 1. The van der Waals surface area contributed by atoms with E-state index in [2.05, 4.69) is 4.98 Å². The van der Waals surface area contributed by atoms with Gasteiger partial charge in [-0.2, -0.15) is 0 Å². The number of para-hydroxylation sites is 1. The number of carboxylic acids is 1. The van der Waals surface area contributed by atoms with Crippen molar-refractivity contribution in [2.24, 2.45) is 0 Å². The third-order valence-corrected chi connectivity index (χ3v) is 5.71. The number of thiazole rings is 1. The summed E-state index contributed by atoms with van der Waals surface area (Å²) in [5.41, 5.74) is -1.42. The van der Waals surface area contributed by atoms with E-state index in [1.165, 1.54) is 28.0 Å². The lowest BCUT2D eigenvalue weighted by Crippen LogP contribution is -2.39. The number of amides is 1. The van der Waals surface area contributed by atoms with Crippen molar-refractivity contribution < 1.29 is 19.1 Å². The molecule has 5 nitrogen and oxygen atoms in total. The number of carboxylic acid groups (broad SMARTS) is 1. The summed E-state index contributed by atoms with van der Waals surface area (Å²) >= 11 is 2.80. The Morgan fingerprint density at radius 2 is 2.23 bits per heavy atom. The highest BCUT2D eigenvalue weighted by molar-refractivity contribution is 8.01. The van der Waals surface area contributed by atoms with Gasteiger partial charge in [0.1, 0.15) is 0 Å². The number of aliphatic carboxylic acids is 1. The van der Waals surface area contributed by atoms with Crippen molar-refractivity contribution in [1.29, 1.82) is 0 Å². The molecule has 1 aromatic carbocycles. The second-order valence-electron chi connectivity index (χ2n) is 5.07. The van der Waals surface area contributed by atoms with Gasteiger partial charge < -0.3 is 10.0 Å². The summed E-state index contributed by atoms with van der Waals surface area (Å²) in [5, 5.41) is 8.83. The van der Waals surface area contributed by atoms with Crippen LogP contribution in [0.3, 0.4) is 0 Å². The van der Waals surface area contributed by atoms with Crippen LogP contribution in [0.1, 0.15) is 6.42 Å². The van der Waals surface area contributed by atoms with Gasteiger partial charge in [0.2, 0.25) is 11.6 Å². The quantitative estimate of drug-likeness (QED) is 0.866. The minimum Gasteiger partial charge on any atom is -0.479 e. The van der Waals surface area contributed by atoms with E-state index in [0.29, 0.717) is 0 Å². The number of rotatable bonds is 4. The van der Waals surface area contributed by atoms with E-state index in [-0.39, 0.29) is 31.2 Å². The van der Waals surface area contributed by atoms with E-state index >= 15 is 0 Å². The Kier molecular flexibility index (Phi) is 4.05. The van der Waals surface area contributed by atoms with Crippen molar-refractivity contribution in [3.63, 3.8) is 0 Å². The topological polar surface area (TPSA) is 70.5 Å². The summed E-state index contributed by atoms with van der Waals surface area (Å²) in [7, 11) is 0. The van der Waals surface area contributed by atoms with E-state index in [4.69, 9.17) is 5.11 Å². The number of carbonyl (C=O) groups excluding carboxylic acids is 1. The molecule has 0 bridgehead atoms. The lowest BCUT2D eigenvalue weighted by atomic mass is 10.1. The zero-order valence-corrected chi connectivity index (χ0v) is 13.1. The SMILES string of the molecule is O=C(CSc1nc2ccccc2s1)N1CCC(F)(C(=O)O)C1. The molecule has 116 valence electrons. The van der Waals surface area contributed by atoms with Gasteiger partial charge in [0.25, 0.3) is 0 Å². The van der Waals surface area contributed by atoms with E-state index in [1.807, 2.05) is 24.3 Å². The number of nitrogens with zero attached hydrogens (tertiary/aromatic N) is 2. The molecule has 0 aliphatic carbocycles. The van der Waals surface area contributed by atoms with Gasteiger partial charge in [-0.15, -0.1) is 11.3 Å². The minimum atomic E-state index is -2.31. The molecule has 1 aliphatic heterocycles. The largest absolute Gasteiger partial charge is 0.479 e. The third-order valence-electron chi connectivity index (χ3n) is 3.55. The molecule has 1 unspecified atom stereocenters. The van der Waals surface area contributed by atoms with Crippen LogP contribution in [0, 0.1) is 0 Å². The molecule has 1 atom stereocenters. The number of aromatic nitrogens is 1. The maximum absolute atomic E-state index is 13.9. The molecule has 1 amide bonds. The minimum absolute atomic E-state index is 0.134. The fraction of sp³-hybridized carbons (Fsp3) is 0.357. The third kappa shape index (κ3) is 2.93. The number of fused-ring (bicyclic) bond motifs is 1. The zero-order chi connectivity index (χ0) is 15.7. The first kappa shape index (κ1) is 15.2. The van der Waals surface area contributed by atoms with Gasteiger partial charge in [-0.3, -0.25) is 4.79 Å². The first-order valence-electron chi connectivity index (χ1n) is 6.66. The van der Waals surface area contributed by atoms with Crippen molar-refractivity contribution in [1.82, 2.24) is 9.88 Å². The van der Waals surface area contributed by atoms with Gasteiger partial charge in [0.15, 0.2) is 4.34 Å². The van der Waals surface area contributed by atoms with Gasteiger partial charge in [-0.05, 0) is 12.1 Å². The molecular formula is C14H13FN2O3S2. The zero-order valence-electron chi connectivity index (χ0n) is 11.5. The van der Waals surface area contributed by atoms with Crippen LogP contribution in [0.15, 0.2) is 28.6 Å². The fourth-order valence-electron chi connectivity index (χ4n) is 2.29. The van der Waals surface area contributed by atoms with Crippen LogP contribution in [0.25, 0.3) is 10.2 Å². The lowest BCUT2D eigenvalue weighted by molar-refractivity contribution is -0.150. The second kappa shape index (κ2) is 5.85. The molecule has 22 heavy (non-hydrogen) atoms. The number of hydrogen-bond acceptors (Lipinski definition) is 5. The Morgan fingerprint density at radius 1 is 1.45 bits per heavy atom. The maximum Gasteiger partial charge on any atom is 0.343 e. The molecule has 2 aromatic rings. The Morgan fingerprint density at radius 3 is 2.91 bits per heavy atom.